The smallest absolute Gasteiger partial charge is 0.306 e. The molecule has 0 aromatic carbocycles. The highest BCUT2D eigenvalue weighted by Crippen LogP contribution is 2.15. The van der Waals surface area contributed by atoms with Gasteiger partial charge < -0.3 is 14.2 Å². The van der Waals surface area contributed by atoms with Crippen LogP contribution in [0.15, 0.2) is 134 Å². The summed E-state index contributed by atoms with van der Waals surface area (Å²) in [6.07, 6.45) is 90.4. The minimum absolute atomic E-state index is 0.107. The molecule has 0 saturated carbocycles. The van der Waals surface area contributed by atoms with Gasteiger partial charge in [-0.05, 0) is 122 Å². The molecule has 6 nitrogen and oxygen atoms in total. The molecule has 1 atom stereocenters. The van der Waals surface area contributed by atoms with Gasteiger partial charge in [0.05, 0.1) is 0 Å². The minimum Gasteiger partial charge on any atom is -0.462 e. The summed E-state index contributed by atoms with van der Waals surface area (Å²) in [6, 6.07) is 0. The third-order valence-corrected chi connectivity index (χ3v) is 13.1. The average molecular weight is 1070 g/mol. The lowest BCUT2D eigenvalue weighted by atomic mass is 10.1. The Bertz CT molecular complexity index is 1650. The van der Waals surface area contributed by atoms with Gasteiger partial charge in [-0.25, -0.2) is 0 Å². The maximum atomic E-state index is 12.9. The fourth-order valence-corrected chi connectivity index (χ4v) is 8.45. The Balaban J connectivity index is 4.35. The van der Waals surface area contributed by atoms with Gasteiger partial charge in [-0.2, -0.15) is 0 Å². The zero-order valence-corrected chi connectivity index (χ0v) is 49.9. The maximum Gasteiger partial charge on any atom is 0.306 e. The van der Waals surface area contributed by atoms with Crippen molar-refractivity contribution in [3.05, 3.63) is 134 Å². The van der Waals surface area contributed by atoms with E-state index in [0.717, 1.165) is 103 Å². The van der Waals surface area contributed by atoms with Gasteiger partial charge in [0.15, 0.2) is 6.10 Å². The lowest BCUT2D eigenvalue weighted by Crippen LogP contribution is -2.30. The molecule has 0 rings (SSSR count). The normalized spacial score (nSPS) is 13.0. The van der Waals surface area contributed by atoms with Crippen molar-refractivity contribution in [1.82, 2.24) is 0 Å². The number of carbonyl (C=O) groups excluding carboxylic acids is 3. The second-order valence-corrected chi connectivity index (χ2v) is 20.5. The highest BCUT2D eigenvalue weighted by Gasteiger charge is 2.19. The quantitative estimate of drug-likeness (QED) is 0.0261. The molecule has 0 aromatic heterocycles. The van der Waals surface area contributed by atoms with Gasteiger partial charge in [0, 0.05) is 19.3 Å². The lowest BCUT2D eigenvalue weighted by Gasteiger charge is -2.18. The van der Waals surface area contributed by atoms with Gasteiger partial charge in [0.25, 0.3) is 0 Å². The molecule has 0 amide bonds. The van der Waals surface area contributed by atoms with E-state index >= 15 is 0 Å². The van der Waals surface area contributed by atoms with Crippen molar-refractivity contribution in [2.45, 2.75) is 284 Å². The van der Waals surface area contributed by atoms with Crippen molar-refractivity contribution in [1.29, 1.82) is 0 Å². The van der Waals surface area contributed by atoms with Gasteiger partial charge in [0.2, 0.25) is 0 Å². The standard InChI is InChI=1S/C71H116O6/c1-4-7-10-13-16-19-22-25-27-29-30-31-32-33-34-35-36-37-38-39-40-42-43-46-49-52-55-58-61-64-70(73)76-67-68(66-75-69(72)63-60-57-54-51-48-45-24-21-18-15-12-9-6-3)77-71(74)65-62-59-56-53-50-47-44-41-28-26-23-20-17-14-11-8-5-2/h7,9-10,12,16,18-19,21,25-28,30-31,33-34,36-37,45,48,54,57,68H,4-6,8,11,13-15,17,20,22-24,29,32,35,38-44,46-47,49-53,55-56,58-67H2,1-3H3/b10-7-,12-9-,19-16-,21-18-,27-25-,28-26-,31-30-,34-33-,37-36-,48-45-,57-54-. The first-order valence-corrected chi connectivity index (χ1v) is 31.7. The third-order valence-electron chi connectivity index (χ3n) is 13.1. The molecule has 0 aromatic rings. The number of esters is 3. The number of allylic oxidation sites excluding steroid dienone is 22. The Kier molecular flexibility index (Phi) is 60.4. The summed E-state index contributed by atoms with van der Waals surface area (Å²) < 4.78 is 16.8. The number of hydrogen-bond acceptors (Lipinski definition) is 6. The Labute approximate surface area is 475 Å². The molecule has 1 unspecified atom stereocenters. The number of ether oxygens (including phenoxy) is 3. The van der Waals surface area contributed by atoms with E-state index in [1.54, 1.807) is 0 Å². The van der Waals surface area contributed by atoms with Gasteiger partial charge >= 0.3 is 17.9 Å². The molecule has 0 bridgehead atoms. The van der Waals surface area contributed by atoms with Gasteiger partial charge in [0.1, 0.15) is 13.2 Å². The second kappa shape index (κ2) is 64.1. The van der Waals surface area contributed by atoms with Crippen molar-refractivity contribution in [2.75, 3.05) is 13.2 Å². The summed E-state index contributed by atoms with van der Waals surface area (Å²) in [5.74, 6) is -0.999. The molecule has 0 radical (unpaired) electrons. The van der Waals surface area contributed by atoms with Gasteiger partial charge in [-0.3, -0.25) is 14.4 Å². The fourth-order valence-electron chi connectivity index (χ4n) is 8.45. The van der Waals surface area contributed by atoms with Crippen LogP contribution in [-0.4, -0.2) is 37.2 Å². The summed E-state index contributed by atoms with van der Waals surface area (Å²) >= 11 is 0. The largest absolute Gasteiger partial charge is 0.462 e. The molecule has 0 N–H and O–H groups in total. The van der Waals surface area contributed by atoms with E-state index in [1.165, 1.54) is 128 Å². The fraction of sp³-hybridized carbons (Fsp3) is 0.648. The SMILES string of the molecule is CC/C=C\C/C=C\C/C=C\C/C=C\C/C=C\C/C=C\CCCCCCCCCCCCC(=O)OCC(COC(=O)CC/C=C\C/C=C\C/C=C\C/C=C\CC)OC(=O)CCCCCCCCC/C=C\CCCCCCCC. The van der Waals surface area contributed by atoms with E-state index in [4.69, 9.17) is 14.2 Å². The predicted octanol–water partition coefficient (Wildman–Crippen LogP) is 21.8. The average Bonchev–Trinajstić information content (AvgIpc) is 3.43. The highest BCUT2D eigenvalue weighted by molar-refractivity contribution is 5.71. The molecular weight excluding hydrogens is 949 g/mol. The third kappa shape index (κ3) is 62.3. The molecule has 77 heavy (non-hydrogen) atoms. The predicted molar refractivity (Wildman–Crippen MR) is 334 cm³/mol. The first-order valence-electron chi connectivity index (χ1n) is 31.7. The number of unbranched alkanes of at least 4 members (excludes halogenated alkanes) is 23. The molecule has 6 heteroatoms. The molecule has 0 fully saturated rings. The molecule has 0 aliphatic rings. The van der Waals surface area contributed by atoms with Crippen molar-refractivity contribution in [3.63, 3.8) is 0 Å². The Morgan fingerprint density at radius 1 is 0.273 bits per heavy atom. The van der Waals surface area contributed by atoms with Crippen LogP contribution < -0.4 is 0 Å². The Morgan fingerprint density at radius 3 is 0.883 bits per heavy atom. The first kappa shape index (κ1) is 72.5. The van der Waals surface area contributed by atoms with E-state index in [0.29, 0.717) is 19.3 Å². The molecular formula is C71H116O6. The zero-order chi connectivity index (χ0) is 55.7. The molecule has 0 aliphatic carbocycles. The van der Waals surface area contributed by atoms with Crippen molar-refractivity contribution in [3.8, 4) is 0 Å². The zero-order valence-electron chi connectivity index (χ0n) is 49.9. The molecule has 0 saturated heterocycles. The Hall–Kier alpha value is -4.45. The van der Waals surface area contributed by atoms with E-state index in [-0.39, 0.29) is 37.5 Å². The van der Waals surface area contributed by atoms with Crippen LogP contribution in [0.3, 0.4) is 0 Å². The highest BCUT2D eigenvalue weighted by atomic mass is 16.6. The molecule has 0 spiro atoms. The number of rotatable bonds is 56. The van der Waals surface area contributed by atoms with Gasteiger partial charge in [-0.15, -0.1) is 0 Å². The van der Waals surface area contributed by atoms with Crippen molar-refractivity contribution in [2.24, 2.45) is 0 Å². The first-order chi connectivity index (χ1) is 38.0. The van der Waals surface area contributed by atoms with Gasteiger partial charge in [-0.1, -0.05) is 270 Å². The summed E-state index contributed by atoms with van der Waals surface area (Å²) in [5.41, 5.74) is 0. The topological polar surface area (TPSA) is 78.9 Å². The van der Waals surface area contributed by atoms with Crippen LogP contribution in [0.4, 0.5) is 0 Å². The van der Waals surface area contributed by atoms with E-state index in [2.05, 4.69) is 148 Å². The lowest BCUT2D eigenvalue weighted by molar-refractivity contribution is -0.166. The van der Waals surface area contributed by atoms with Crippen molar-refractivity contribution < 1.29 is 28.6 Å². The van der Waals surface area contributed by atoms with Crippen LogP contribution in [0.5, 0.6) is 0 Å². The number of hydrogen-bond donors (Lipinski definition) is 0. The van der Waals surface area contributed by atoms with Crippen LogP contribution in [0.2, 0.25) is 0 Å². The minimum atomic E-state index is -0.815. The van der Waals surface area contributed by atoms with Crippen LogP contribution in [0.1, 0.15) is 278 Å². The van der Waals surface area contributed by atoms with E-state index < -0.39 is 6.10 Å². The van der Waals surface area contributed by atoms with Crippen LogP contribution in [0.25, 0.3) is 0 Å². The van der Waals surface area contributed by atoms with E-state index in [9.17, 15) is 14.4 Å². The van der Waals surface area contributed by atoms with Crippen molar-refractivity contribution >= 4 is 17.9 Å². The molecule has 0 heterocycles. The molecule has 0 aliphatic heterocycles. The summed E-state index contributed by atoms with van der Waals surface area (Å²) in [7, 11) is 0. The number of carbonyl (C=O) groups is 3. The van der Waals surface area contributed by atoms with Crippen LogP contribution >= 0.6 is 0 Å². The van der Waals surface area contributed by atoms with Crippen LogP contribution in [0, 0.1) is 0 Å². The Morgan fingerprint density at radius 2 is 0.532 bits per heavy atom. The maximum absolute atomic E-state index is 12.9. The molecule has 436 valence electrons. The monoisotopic (exact) mass is 1060 g/mol. The van der Waals surface area contributed by atoms with Crippen LogP contribution in [-0.2, 0) is 28.6 Å². The summed E-state index contributed by atoms with van der Waals surface area (Å²) in [5, 5.41) is 0. The van der Waals surface area contributed by atoms with E-state index in [1.807, 2.05) is 6.08 Å². The summed E-state index contributed by atoms with van der Waals surface area (Å²) in [4.78, 5) is 38.2. The summed E-state index contributed by atoms with van der Waals surface area (Å²) in [6.45, 7) is 6.34. The second-order valence-electron chi connectivity index (χ2n) is 20.5.